The lowest BCUT2D eigenvalue weighted by molar-refractivity contribution is 0.159. The normalized spacial score (nSPS) is 12.2. The van der Waals surface area contributed by atoms with Crippen LogP contribution in [0.1, 0.15) is 25.3 Å². The molecule has 0 aliphatic carbocycles. The smallest absolute Gasteiger partial charge is 0.122 e. The van der Waals surface area contributed by atoms with Gasteiger partial charge in [-0.15, -0.1) is 0 Å². The predicted octanol–water partition coefficient (Wildman–Crippen LogP) is 1.95. The molecule has 0 aliphatic rings. The van der Waals surface area contributed by atoms with Crippen LogP contribution in [0.25, 0.3) is 0 Å². The molecule has 1 rings (SSSR count). The van der Waals surface area contributed by atoms with Crippen molar-refractivity contribution in [3.63, 3.8) is 0 Å². The summed E-state index contributed by atoms with van der Waals surface area (Å²) >= 11 is 0. The Morgan fingerprint density at radius 3 is 2.28 bits per heavy atom. The minimum atomic E-state index is -0.211. The number of aliphatic hydroxyl groups excluding tert-OH is 1. The predicted molar refractivity (Wildman–Crippen MR) is 72.2 cm³/mol. The van der Waals surface area contributed by atoms with Crippen molar-refractivity contribution in [2.24, 2.45) is 0 Å². The Labute approximate surface area is 109 Å². The highest BCUT2D eigenvalue weighted by molar-refractivity contribution is 5.38. The Balaban J connectivity index is 2.46. The van der Waals surface area contributed by atoms with Crippen LogP contribution in [0.5, 0.6) is 11.5 Å². The summed E-state index contributed by atoms with van der Waals surface area (Å²) in [7, 11) is 3.28. The van der Waals surface area contributed by atoms with Crippen molar-refractivity contribution in [1.29, 1.82) is 0 Å². The number of ether oxygens (including phenoxy) is 2. The van der Waals surface area contributed by atoms with Crippen LogP contribution in [0.15, 0.2) is 18.2 Å². The molecule has 2 N–H and O–H groups in total. The lowest BCUT2D eigenvalue weighted by atomic mass is 10.2. The fraction of sp³-hybridized carbons (Fsp3) is 0.571. The van der Waals surface area contributed by atoms with Crippen LogP contribution in [-0.4, -0.2) is 32.0 Å². The molecular formula is C14H23NO3. The molecule has 1 unspecified atom stereocenters. The molecule has 4 heteroatoms. The van der Waals surface area contributed by atoms with E-state index in [0.717, 1.165) is 43.0 Å². The van der Waals surface area contributed by atoms with Gasteiger partial charge >= 0.3 is 0 Å². The van der Waals surface area contributed by atoms with E-state index >= 15 is 0 Å². The molecule has 0 radical (unpaired) electrons. The third-order valence-corrected chi connectivity index (χ3v) is 2.87. The van der Waals surface area contributed by atoms with E-state index in [0.29, 0.717) is 0 Å². The van der Waals surface area contributed by atoms with Crippen LogP contribution >= 0.6 is 0 Å². The van der Waals surface area contributed by atoms with Gasteiger partial charge in [-0.3, -0.25) is 0 Å². The summed E-state index contributed by atoms with van der Waals surface area (Å²) in [6, 6.07) is 5.81. The summed E-state index contributed by atoms with van der Waals surface area (Å²) < 4.78 is 10.4. The summed E-state index contributed by atoms with van der Waals surface area (Å²) in [6.07, 6.45) is 1.36. The molecule has 1 atom stereocenters. The van der Waals surface area contributed by atoms with Crippen LogP contribution in [0, 0.1) is 0 Å². The zero-order valence-electron chi connectivity index (χ0n) is 11.4. The molecule has 18 heavy (non-hydrogen) atoms. The van der Waals surface area contributed by atoms with Gasteiger partial charge in [-0.05, 0) is 37.1 Å². The molecule has 4 nitrogen and oxygen atoms in total. The van der Waals surface area contributed by atoms with E-state index in [4.69, 9.17) is 9.47 Å². The third-order valence-electron chi connectivity index (χ3n) is 2.87. The van der Waals surface area contributed by atoms with E-state index in [2.05, 4.69) is 5.32 Å². The lowest BCUT2D eigenvalue weighted by Gasteiger charge is -2.11. The average molecular weight is 253 g/mol. The zero-order chi connectivity index (χ0) is 13.4. The Morgan fingerprint density at radius 2 is 1.78 bits per heavy atom. The van der Waals surface area contributed by atoms with Gasteiger partial charge in [0.15, 0.2) is 0 Å². The number of rotatable bonds is 8. The van der Waals surface area contributed by atoms with Gasteiger partial charge in [-0.1, -0.05) is 6.92 Å². The van der Waals surface area contributed by atoms with Gasteiger partial charge < -0.3 is 19.9 Å². The fourth-order valence-electron chi connectivity index (χ4n) is 1.67. The van der Waals surface area contributed by atoms with Gasteiger partial charge in [0, 0.05) is 12.6 Å². The van der Waals surface area contributed by atoms with E-state index in [9.17, 15) is 5.11 Å². The molecule has 0 amide bonds. The van der Waals surface area contributed by atoms with E-state index in [1.165, 1.54) is 0 Å². The van der Waals surface area contributed by atoms with E-state index < -0.39 is 0 Å². The first kappa shape index (κ1) is 14.8. The van der Waals surface area contributed by atoms with Gasteiger partial charge in [0.1, 0.15) is 11.5 Å². The average Bonchev–Trinajstić information content (AvgIpc) is 2.42. The fourth-order valence-corrected chi connectivity index (χ4v) is 1.67. The van der Waals surface area contributed by atoms with Crippen molar-refractivity contribution < 1.29 is 14.6 Å². The van der Waals surface area contributed by atoms with Crippen LogP contribution in [0.4, 0.5) is 0 Å². The quantitative estimate of drug-likeness (QED) is 0.695. The molecule has 0 aliphatic heterocycles. The van der Waals surface area contributed by atoms with E-state index in [-0.39, 0.29) is 6.10 Å². The molecule has 102 valence electrons. The molecule has 1 aromatic carbocycles. The van der Waals surface area contributed by atoms with E-state index in [1.807, 2.05) is 25.1 Å². The highest BCUT2D eigenvalue weighted by Gasteiger charge is 2.03. The van der Waals surface area contributed by atoms with Crippen LogP contribution in [0.3, 0.4) is 0 Å². The first-order valence-corrected chi connectivity index (χ1v) is 6.30. The summed E-state index contributed by atoms with van der Waals surface area (Å²) in [5, 5.41) is 12.7. The summed E-state index contributed by atoms with van der Waals surface area (Å²) in [5.74, 6) is 1.58. The van der Waals surface area contributed by atoms with E-state index in [1.54, 1.807) is 14.2 Å². The van der Waals surface area contributed by atoms with Gasteiger partial charge in [0.05, 0.1) is 20.3 Å². The van der Waals surface area contributed by atoms with Gasteiger partial charge in [-0.2, -0.15) is 0 Å². The van der Waals surface area contributed by atoms with Gasteiger partial charge in [0.2, 0.25) is 0 Å². The maximum Gasteiger partial charge on any atom is 0.122 e. The second-order valence-electron chi connectivity index (χ2n) is 4.25. The molecule has 1 aromatic rings. The van der Waals surface area contributed by atoms with Gasteiger partial charge in [0.25, 0.3) is 0 Å². The minimum Gasteiger partial charge on any atom is -0.497 e. The Bertz CT molecular complexity index is 333. The van der Waals surface area contributed by atoms with Crippen molar-refractivity contribution in [3.05, 3.63) is 23.8 Å². The molecular weight excluding hydrogens is 230 g/mol. The van der Waals surface area contributed by atoms with Crippen molar-refractivity contribution in [2.45, 2.75) is 32.4 Å². The first-order chi connectivity index (χ1) is 8.69. The van der Waals surface area contributed by atoms with Crippen molar-refractivity contribution in [3.8, 4) is 11.5 Å². The third kappa shape index (κ3) is 4.94. The Morgan fingerprint density at radius 1 is 1.17 bits per heavy atom. The maximum absolute atomic E-state index is 9.44. The maximum atomic E-state index is 9.44. The van der Waals surface area contributed by atoms with Crippen molar-refractivity contribution >= 4 is 0 Å². The highest BCUT2D eigenvalue weighted by atomic mass is 16.5. The highest BCUT2D eigenvalue weighted by Crippen LogP contribution is 2.22. The largest absolute Gasteiger partial charge is 0.497 e. The topological polar surface area (TPSA) is 50.7 Å². The second kappa shape index (κ2) is 7.95. The lowest BCUT2D eigenvalue weighted by Crippen LogP contribution is -2.19. The van der Waals surface area contributed by atoms with Crippen LogP contribution < -0.4 is 14.8 Å². The Kier molecular flexibility index (Phi) is 6.54. The summed E-state index contributed by atoms with van der Waals surface area (Å²) in [5.41, 5.74) is 1.11. The molecule has 0 bridgehead atoms. The monoisotopic (exact) mass is 253 g/mol. The standard InChI is InChI=1S/C14H23NO3/c1-4-12(16)5-6-15-10-11-7-13(17-2)9-14(8-11)18-3/h7-9,12,15-16H,4-6,10H2,1-3H3. The van der Waals surface area contributed by atoms with Gasteiger partial charge in [-0.25, -0.2) is 0 Å². The van der Waals surface area contributed by atoms with Crippen molar-refractivity contribution in [2.75, 3.05) is 20.8 Å². The number of benzene rings is 1. The number of nitrogens with one attached hydrogen (secondary N) is 1. The zero-order valence-corrected chi connectivity index (χ0v) is 11.4. The molecule has 0 spiro atoms. The molecule has 0 fully saturated rings. The number of hydrogen-bond acceptors (Lipinski definition) is 4. The minimum absolute atomic E-state index is 0.211. The SMILES string of the molecule is CCC(O)CCNCc1cc(OC)cc(OC)c1. The molecule has 0 heterocycles. The number of hydrogen-bond donors (Lipinski definition) is 2. The molecule has 0 saturated heterocycles. The molecule has 0 aromatic heterocycles. The second-order valence-corrected chi connectivity index (χ2v) is 4.25. The molecule has 0 saturated carbocycles. The Hall–Kier alpha value is -1.26. The number of methoxy groups -OCH3 is 2. The first-order valence-electron chi connectivity index (χ1n) is 6.30. The van der Waals surface area contributed by atoms with Crippen LogP contribution in [-0.2, 0) is 6.54 Å². The number of aliphatic hydroxyl groups is 1. The van der Waals surface area contributed by atoms with Crippen LogP contribution in [0.2, 0.25) is 0 Å². The summed E-state index contributed by atoms with van der Waals surface area (Å²) in [4.78, 5) is 0. The summed E-state index contributed by atoms with van der Waals surface area (Å²) in [6.45, 7) is 3.52. The van der Waals surface area contributed by atoms with Crippen molar-refractivity contribution in [1.82, 2.24) is 5.32 Å².